The van der Waals surface area contributed by atoms with Gasteiger partial charge in [0.2, 0.25) is 0 Å². The molecule has 3 fully saturated rings. The van der Waals surface area contributed by atoms with E-state index in [1.54, 1.807) is 60.5 Å². The molecule has 0 aromatic carbocycles. The number of ether oxygens (including phenoxy) is 7. The largest absolute Gasteiger partial charge is 0.462 e. The van der Waals surface area contributed by atoms with Crippen molar-refractivity contribution in [2.24, 2.45) is 29.6 Å². The quantitative estimate of drug-likeness (QED) is 0.145. The van der Waals surface area contributed by atoms with Crippen molar-refractivity contribution >= 4 is 18.0 Å². The van der Waals surface area contributed by atoms with Crippen LogP contribution in [0.3, 0.4) is 0 Å². The van der Waals surface area contributed by atoms with Crippen LogP contribution < -0.4 is 0 Å². The first-order valence-electron chi connectivity index (χ1n) is 19.8. The fraction of sp³-hybridized carbons (Fsp3) is 0.923. The van der Waals surface area contributed by atoms with Gasteiger partial charge in [-0.2, -0.15) is 0 Å². The maximum atomic E-state index is 13.6. The highest BCUT2D eigenvalue weighted by molar-refractivity contribution is 5.80. The highest BCUT2D eigenvalue weighted by Gasteiger charge is 2.48. The van der Waals surface area contributed by atoms with Gasteiger partial charge in [0.05, 0.1) is 55.7 Å². The van der Waals surface area contributed by atoms with Crippen LogP contribution in [-0.4, -0.2) is 169 Å². The molecular formula is C39H69NO15. The van der Waals surface area contributed by atoms with Crippen LogP contribution in [0, 0.1) is 29.6 Å². The molecule has 5 N–H and O–H groups in total. The topological polar surface area (TPSA) is 220 Å². The van der Waals surface area contributed by atoms with Crippen molar-refractivity contribution in [3.05, 3.63) is 0 Å². The third-order valence-electron chi connectivity index (χ3n) is 12.1. The van der Waals surface area contributed by atoms with Gasteiger partial charge < -0.3 is 68.4 Å². The predicted octanol–water partition coefficient (Wildman–Crippen LogP) is 0.837. The number of carbonyl (C=O) groups is 3. The smallest absolute Gasteiger partial charge is 0.308 e. The van der Waals surface area contributed by atoms with Crippen LogP contribution >= 0.6 is 0 Å². The van der Waals surface area contributed by atoms with E-state index in [2.05, 4.69) is 0 Å². The van der Waals surface area contributed by atoms with Crippen LogP contribution in [0.2, 0.25) is 0 Å². The molecule has 0 aliphatic carbocycles. The maximum absolute atomic E-state index is 13.6. The second kappa shape index (κ2) is 21.9. The van der Waals surface area contributed by atoms with Gasteiger partial charge in [-0.3, -0.25) is 9.59 Å². The Kier molecular flexibility index (Phi) is 19.0. The van der Waals surface area contributed by atoms with Crippen LogP contribution in [0.5, 0.6) is 0 Å². The zero-order valence-corrected chi connectivity index (χ0v) is 34.3. The lowest BCUT2D eigenvalue weighted by Crippen LogP contribution is -2.63. The normalized spacial score (nSPS) is 44.6. The summed E-state index contributed by atoms with van der Waals surface area (Å²) >= 11 is 0. The summed E-state index contributed by atoms with van der Waals surface area (Å²) in [5.74, 6) is -4.04. The third-order valence-corrected chi connectivity index (χ3v) is 12.1. The van der Waals surface area contributed by atoms with Crippen molar-refractivity contribution < 1.29 is 73.1 Å². The van der Waals surface area contributed by atoms with E-state index in [9.17, 15) is 39.9 Å². The first kappa shape index (κ1) is 47.7. The Morgan fingerprint density at radius 2 is 1.45 bits per heavy atom. The van der Waals surface area contributed by atoms with Gasteiger partial charge in [0.1, 0.15) is 42.6 Å². The first-order valence-corrected chi connectivity index (χ1v) is 19.8. The first-order chi connectivity index (χ1) is 25.9. The van der Waals surface area contributed by atoms with Gasteiger partial charge in [0, 0.05) is 44.8 Å². The molecule has 1 unspecified atom stereocenters. The molecule has 3 aliphatic heterocycles. The van der Waals surface area contributed by atoms with E-state index in [-0.39, 0.29) is 38.1 Å². The second-order valence-corrected chi connectivity index (χ2v) is 16.2. The van der Waals surface area contributed by atoms with E-state index in [0.717, 1.165) is 6.29 Å². The van der Waals surface area contributed by atoms with Crippen molar-refractivity contribution in [1.29, 1.82) is 0 Å². The van der Waals surface area contributed by atoms with Gasteiger partial charge >= 0.3 is 5.97 Å². The Bertz CT molecular complexity index is 1190. The summed E-state index contributed by atoms with van der Waals surface area (Å²) in [5, 5.41) is 56.1. The van der Waals surface area contributed by atoms with Gasteiger partial charge in [-0.05, 0) is 59.0 Å². The standard InChI is InChI=1S/C39H69NO15/c1-11-28-25(18-51-39-37(50-10)36(49-9)33(47)23(6)53-39)31(45)19(2)12-13-26(42)20(3)16-24(14-15-41)35(21(4)27(43)17-29(44)54-28)55-38-34(48)30(40(7)8)32(46)22(5)52-38/h15,19-25,27-28,30-39,43,45-48H,11-14,16-18H2,1-10H3/t19?,20-,21+,22-,23-,24+,25-,27-,28-,30+,31-,32-,33-,34-,35-,36-,37-,38+,39-/m1/s1. The molecule has 55 heavy (non-hydrogen) atoms. The summed E-state index contributed by atoms with van der Waals surface area (Å²) in [6, 6.07) is -0.748. The zero-order valence-electron chi connectivity index (χ0n) is 34.3. The molecule has 0 radical (unpaired) electrons. The molecule has 320 valence electrons. The SMILES string of the molecule is CC[C@H]1OC(=O)C[C@@H](O)[C@H](C)[C@@H](O[C@@H]2O[C@H](C)[C@@H](O)[C@H](N(C)C)[C@H]2O)[C@@H](CC=O)C[C@@H](C)C(=O)CCC(C)[C@@H](O)[C@@H]1CO[C@@H]1O[C@H](C)[C@@H](O)[C@@H](OC)[C@H]1OC. The Hall–Kier alpha value is -1.67. The molecule has 0 bridgehead atoms. The number of ketones is 1. The van der Waals surface area contributed by atoms with Crippen LogP contribution in [-0.2, 0) is 47.5 Å². The highest BCUT2D eigenvalue weighted by Crippen LogP contribution is 2.36. The number of aliphatic hydroxyl groups excluding tert-OH is 5. The van der Waals surface area contributed by atoms with Crippen LogP contribution in [0.4, 0.5) is 0 Å². The number of rotatable bonds is 11. The van der Waals surface area contributed by atoms with Gasteiger partial charge in [-0.1, -0.05) is 27.7 Å². The zero-order chi connectivity index (χ0) is 41.3. The number of cyclic esters (lactones) is 1. The Balaban J connectivity index is 1.95. The lowest BCUT2D eigenvalue weighted by Gasteiger charge is -2.46. The van der Waals surface area contributed by atoms with E-state index in [1.165, 1.54) is 14.2 Å². The van der Waals surface area contributed by atoms with Gasteiger partial charge in [-0.25, -0.2) is 0 Å². The van der Waals surface area contributed by atoms with E-state index >= 15 is 0 Å². The van der Waals surface area contributed by atoms with Crippen LogP contribution in [0.25, 0.3) is 0 Å². The van der Waals surface area contributed by atoms with Gasteiger partial charge in [0.15, 0.2) is 12.6 Å². The van der Waals surface area contributed by atoms with E-state index in [0.29, 0.717) is 6.42 Å². The number of Topliss-reactive ketones (excluding diaryl/α,β-unsaturated/α-hetero) is 1. The minimum atomic E-state index is -1.35. The lowest BCUT2D eigenvalue weighted by molar-refractivity contribution is -0.306. The number of aldehydes is 1. The number of carbonyl (C=O) groups excluding carboxylic acids is 3. The number of nitrogens with zero attached hydrogens (tertiary/aromatic N) is 1. The molecule has 16 nitrogen and oxygen atoms in total. The summed E-state index contributed by atoms with van der Waals surface area (Å²) in [4.78, 5) is 41.0. The predicted molar refractivity (Wildman–Crippen MR) is 197 cm³/mol. The molecule has 3 saturated heterocycles. The molecule has 3 heterocycles. The molecule has 0 aromatic rings. The van der Waals surface area contributed by atoms with Gasteiger partial charge in [-0.15, -0.1) is 0 Å². The third kappa shape index (κ3) is 11.9. The fourth-order valence-corrected chi connectivity index (χ4v) is 8.38. The van der Waals surface area contributed by atoms with Crippen molar-refractivity contribution in [2.75, 3.05) is 34.9 Å². The number of aliphatic hydroxyl groups is 5. The number of hydrogen-bond donors (Lipinski definition) is 5. The summed E-state index contributed by atoms with van der Waals surface area (Å²) < 4.78 is 41.6. The van der Waals surface area contributed by atoms with Crippen molar-refractivity contribution in [3.8, 4) is 0 Å². The summed E-state index contributed by atoms with van der Waals surface area (Å²) in [6.45, 7) is 10.2. The second-order valence-electron chi connectivity index (χ2n) is 16.2. The molecule has 3 aliphatic rings. The molecule has 0 saturated carbocycles. The minimum Gasteiger partial charge on any atom is -0.462 e. The average molecular weight is 792 g/mol. The minimum absolute atomic E-state index is 0.0336. The summed E-state index contributed by atoms with van der Waals surface area (Å²) in [6.07, 6.45) is -11.7. The fourth-order valence-electron chi connectivity index (χ4n) is 8.38. The Morgan fingerprint density at radius 3 is 2.04 bits per heavy atom. The van der Waals surface area contributed by atoms with Crippen molar-refractivity contribution in [1.82, 2.24) is 4.90 Å². The van der Waals surface area contributed by atoms with Crippen molar-refractivity contribution in [3.63, 3.8) is 0 Å². The molecule has 0 spiro atoms. The number of hydrogen-bond acceptors (Lipinski definition) is 16. The van der Waals surface area contributed by atoms with E-state index in [1.807, 2.05) is 0 Å². The highest BCUT2D eigenvalue weighted by atomic mass is 16.7. The number of likely N-dealkylation sites (N-methyl/N-ethyl adjacent to an activating group) is 1. The molecular weight excluding hydrogens is 722 g/mol. The molecule has 0 amide bonds. The molecule has 0 aromatic heterocycles. The monoisotopic (exact) mass is 791 g/mol. The van der Waals surface area contributed by atoms with Crippen LogP contribution in [0.1, 0.15) is 80.1 Å². The number of methoxy groups -OCH3 is 2. The van der Waals surface area contributed by atoms with Crippen LogP contribution in [0.15, 0.2) is 0 Å². The van der Waals surface area contributed by atoms with E-state index in [4.69, 9.17) is 33.2 Å². The van der Waals surface area contributed by atoms with Crippen molar-refractivity contribution in [2.45, 2.75) is 166 Å². The molecule has 16 heteroatoms. The Labute approximate surface area is 326 Å². The lowest BCUT2D eigenvalue weighted by atomic mass is 9.78. The molecule has 19 atom stereocenters. The summed E-state index contributed by atoms with van der Waals surface area (Å²) in [5.41, 5.74) is 0. The molecule has 3 rings (SSSR count). The maximum Gasteiger partial charge on any atom is 0.308 e. The average Bonchev–Trinajstić information content (AvgIpc) is 3.13. The Morgan fingerprint density at radius 1 is 0.836 bits per heavy atom. The van der Waals surface area contributed by atoms with E-state index < -0.39 is 128 Å². The summed E-state index contributed by atoms with van der Waals surface area (Å²) in [7, 11) is 6.31. The number of esters is 1. The van der Waals surface area contributed by atoms with Gasteiger partial charge in [0.25, 0.3) is 0 Å².